The monoisotopic (exact) mass is 233 g/mol. The number of rotatable bonds is 4. The van der Waals surface area contributed by atoms with E-state index in [0.29, 0.717) is 19.3 Å². The first kappa shape index (κ1) is 12.7. The fourth-order valence-corrected chi connectivity index (χ4v) is 1.96. The van der Waals surface area contributed by atoms with Crippen LogP contribution >= 0.6 is 0 Å². The van der Waals surface area contributed by atoms with Gasteiger partial charge in [-0.1, -0.05) is 0 Å². The van der Waals surface area contributed by atoms with Gasteiger partial charge in [0, 0.05) is 7.11 Å². The van der Waals surface area contributed by atoms with Crippen LogP contribution in [0.25, 0.3) is 0 Å². The Morgan fingerprint density at radius 2 is 2.00 bits per heavy atom. The largest absolute Gasteiger partial charge is 0.469 e. The molecule has 1 saturated carbocycles. The third kappa shape index (κ3) is 3.06. The van der Waals surface area contributed by atoms with Crippen LogP contribution in [0.15, 0.2) is 0 Å². The Morgan fingerprint density at radius 3 is 2.50 bits per heavy atom. The van der Waals surface area contributed by atoms with E-state index in [2.05, 4.69) is 9.57 Å². The summed E-state index contributed by atoms with van der Waals surface area (Å²) in [6.07, 6.45) is 0.288. The lowest BCUT2D eigenvalue weighted by Crippen LogP contribution is -2.40. The molecule has 1 fully saturated rings. The lowest BCUT2D eigenvalue weighted by atomic mass is 9.85. The van der Waals surface area contributed by atoms with E-state index in [1.807, 2.05) is 0 Å². The quantitative estimate of drug-likeness (QED) is 0.400. The molecule has 1 rings (SSSR count). The number of carbonyl (C=O) groups excluding carboxylic acids is 1. The van der Waals surface area contributed by atoms with Crippen LogP contribution in [0.1, 0.15) is 19.3 Å². The molecule has 0 saturated heterocycles. The van der Waals surface area contributed by atoms with Crippen molar-refractivity contribution in [3.63, 3.8) is 0 Å². The summed E-state index contributed by atoms with van der Waals surface area (Å²) >= 11 is 0. The smallest absolute Gasteiger partial charge is 0.308 e. The third-order valence-electron chi connectivity index (χ3n) is 2.79. The fraction of sp³-hybridized carbons (Fsp3) is 0.889. The molecule has 0 bridgehead atoms. The highest BCUT2D eigenvalue weighted by atomic mass is 17.0. The molecule has 0 aromatic rings. The van der Waals surface area contributed by atoms with Gasteiger partial charge < -0.3 is 14.3 Å². The number of hydrogen-bond donors (Lipinski definition) is 0. The van der Waals surface area contributed by atoms with Gasteiger partial charge in [0.05, 0.1) is 19.1 Å². The molecule has 0 aromatic heterocycles. The Hall–Kier alpha value is -1.37. The van der Waals surface area contributed by atoms with Gasteiger partial charge >= 0.3 is 5.97 Å². The number of hydrogen-bond acceptors (Lipinski definition) is 6. The number of esters is 1. The van der Waals surface area contributed by atoms with Gasteiger partial charge in [0.25, 0.3) is 5.09 Å². The van der Waals surface area contributed by atoms with Crippen LogP contribution in [0.4, 0.5) is 0 Å². The minimum absolute atomic E-state index is 0.262. The van der Waals surface area contributed by atoms with Crippen LogP contribution in [-0.4, -0.2) is 37.5 Å². The predicted octanol–water partition coefficient (Wildman–Crippen LogP) is 0.551. The Labute approximate surface area is 92.8 Å². The van der Waals surface area contributed by atoms with Gasteiger partial charge in [-0.05, 0) is 19.3 Å². The second kappa shape index (κ2) is 5.64. The molecule has 7 heteroatoms. The molecule has 0 N–H and O–H groups in total. The molecule has 1 aliphatic rings. The zero-order valence-corrected chi connectivity index (χ0v) is 9.25. The van der Waals surface area contributed by atoms with Gasteiger partial charge in [0.1, 0.15) is 6.10 Å². The molecule has 3 atom stereocenters. The van der Waals surface area contributed by atoms with Crippen LogP contribution in [0.3, 0.4) is 0 Å². The number of nitrogens with zero attached hydrogens (tertiary/aromatic N) is 1. The van der Waals surface area contributed by atoms with Crippen molar-refractivity contribution >= 4 is 5.97 Å². The van der Waals surface area contributed by atoms with Crippen molar-refractivity contribution in [2.75, 3.05) is 14.2 Å². The SMILES string of the molecule is COC(=O)[C@H]1CC[C@@H](O[N+](=O)[O-])[C@H](OC)C1. The summed E-state index contributed by atoms with van der Waals surface area (Å²) in [5.74, 6) is -0.567. The summed E-state index contributed by atoms with van der Waals surface area (Å²) in [4.78, 5) is 26.0. The molecule has 0 spiro atoms. The molecular weight excluding hydrogens is 218 g/mol. The Kier molecular flexibility index (Phi) is 4.48. The second-order valence-electron chi connectivity index (χ2n) is 3.67. The third-order valence-corrected chi connectivity index (χ3v) is 2.79. The zero-order chi connectivity index (χ0) is 12.1. The van der Waals surface area contributed by atoms with Gasteiger partial charge in [-0.2, -0.15) is 0 Å². The molecule has 0 amide bonds. The molecule has 0 unspecified atom stereocenters. The molecule has 7 nitrogen and oxygen atoms in total. The summed E-state index contributed by atoms with van der Waals surface area (Å²) in [5.41, 5.74) is 0. The van der Waals surface area contributed by atoms with Crippen molar-refractivity contribution in [1.29, 1.82) is 0 Å². The van der Waals surface area contributed by atoms with E-state index >= 15 is 0 Å². The molecular formula is C9H15NO6. The highest BCUT2D eigenvalue weighted by molar-refractivity contribution is 5.72. The summed E-state index contributed by atoms with van der Waals surface area (Å²) < 4.78 is 9.72. The molecule has 0 heterocycles. The standard InChI is InChI=1S/C9H15NO6/c1-14-8-5-6(9(11)15-2)3-4-7(8)16-10(12)13/h6-8H,3-5H2,1-2H3/t6-,7+,8+/m0/s1. The van der Waals surface area contributed by atoms with Crippen LogP contribution < -0.4 is 0 Å². The molecule has 92 valence electrons. The van der Waals surface area contributed by atoms with E-state index in [4.69, 9.17) is 4.74 Å². The summed E-state index contributed by atoms with van der Waals surface area (Å²) in [6, 6.07) is 0. The normalized spacial score (nSPS) is 29.5. The Morgan fingerprint density at radius 1 is 1.31 bits per heavy atom. The minimum Gasteiger partial charge on any atom is -0.469 e. The van der Waals surface area contributed by atoms with Crippen molar-refractivity contribution in [2.24, 2.45) is 5.92 Å². The molecule has 1 aliphatic carbocycles. The summed E-state index contributed by atoms with van der Waals surface area (Å²) in [7, 11) is 2.77. The van der Waals surface area contributed by atoms with Crippen molar-refractivity contribution in [2.45, 2.75) is 31.5 Å². The minimum atomic E-state index is -0.824. The Balaban J connectivity index is 2.56. The van der Waals surface area contributed by atoms with E-state index in [9.17, 15) is 14.9 Å². The number of ether oxygens (including phenoxy) is 2. The molecule has 0 radical (unpaired) electrons. The first-order valence-corrected chi connectivity index (χ1v) is 5.00. The van der Waals surface area contributed by atoms with Crippen LogP contribution in [0.5, 0.6) is 0 Å². The summed E-state index contributed by atoms with van der Waals surface area (Å²) in [5, 5.41) is 9.41. The van der Waals surface area contributed by atoms with Crippen molar-refractivity contribution in [1.82, 2.24) is 0 Å². The highest BCUT2D eigenvalue weighted by Crippen LogP contribution is 2.29. The van der Waals surface area contributed by atoms with Crippen LogP contribution in [-0.2, 0) is 19.1 Å². The lowest BCUT2D eigenvalue weighted by molar-refractivity contribution is -0.771. The van der Waals surface area contributed by atoms with Gasteiger partial charge in [0.2, 0.25) is 0 Å². The second-order valence-corrected chi connectivity index (χ2v) is 3.67. The van der Waals surface area contributed by atoms with E-state index in [-0.39, 0.29) is 11.9 Å². The molecule has 0 aromatic carbocycles. The number of carbonyl (C=O) groups is 1. The summed E-state index contributed by atoms with van der Waals surface area (Å²) in [6.45, 7) is 0. The Bertz CT molecular complexity index is 269. The van der Waals surface area contributed by atoms with Crippen molar-refractivity contribution in [3.05, 3.63) is 10.1 Å². The zero-order valence-electron chi connectivity index (χ0n) is 9.25. The average Bonchev–Trinajstić information content (AvgIpc) is 2.27. The maximum absolute atomic E-state index is 11.3. The maximum Gasteiger partial charge on any atom is 0.308 e. The van der Waals surface area contributed by atoms with E-state index in [0.717, 1.165) is 0 Å². The van der Waals surface area contributed by atoms with Crippen molar-refractivity contribution < 1.29 is 24.2 Å². The predicted molar refractivity (Wildman–Crippen MR) is 52.0 cm³/mol. The van der Waals surface area contributed by atoms with E-state index in [1.54, 1.807) is 0 Å². The first-order valence-electron chi connectivity index (χ1n) is 5.00. The van der Waals surface area contributed by atoms with Gasteiger partial charge in [-0.15, -0.1) is 10.1 Å². The van der Waals surface area contributed by atoms with Crippen LogP contribution in [0.2, 0.25) is 0 Å². The molecule has 0 aliphatic heterocycles. The van der Waals surface area contributed by atoms with E-state index in [1.165, 1.54) is 14.2 Å². The van der Waals surface area contributed by atoms with Gasteiger partial charge in [-0.25, -0.2) is 0 Å². The number of methoxy groups -OCH3 is 2. The maximum atomic E-state index is 11.3. The van der Waals surface area contributed by atoms with Gasteiger partial charge in [0.15, 0.2) is 0 Å². The highest BCUT2D eigenvalue weighted by Gasteiger charge is 2.36. The van der Waals surface area contributed by atoms with Gasteiger partial charge in [-0.3, -0.25) is 4.79 Å². The van der Waals surface area contributed by atoms with Crippen LogP contribution in [0, 0.1) is 16.0 Å². The van der Waals surface area contributed by atoms with Crippen molar-refractivity contribution in [3.8, 4) is 0 Å². The lowest BCUT2D eigenvalue weighted by Gasteiger charge is -2.32. The first-order chi connectivity index (χ1) is 7.58. The van der Waals surface area contributed by atoms with E-state index < -0.39 is 17.3 Å². The average molecular weight is 233 g/mol. The topological polar surface area (TPSA) is 87.9 Å². The fourth-order valence-electron chi connectivity index (χ4n) is 1.96. The molecule has 16 heavy (non-hydrogen) atoms.